The van der Waals surface area contributed by atoms with Crippen molar-refractivity contribution in [3.05, 3.63) is 46.5 Å². The van der Waals surface area contributed by atoms with E-state index in [2.05, 4.69) is 19.9 Å². The highest BCUT2D eigenvalue weighted by molar-refractivity contribution is 4.97. The first-order chi connectivity index (χ1) is 10.7. The summed E-state index contributed by atoms with van der Waals surface area (Å²) in [6.45, 7) is 8.10. The van der Waals surface area contributed by atoms with Gasteiger partial charge in [-0.1, -0.05) is 0 Å². The largest absolute Gasteiger partial charge is 0.448 e. The summed E-state index contributed by atoms with van der Waals surface area (Å²) < 4.78 is 6.83. The molecule has 0 radical (unpaired) electrons. The predicted octanol–water partition coefficient (Wildman–Crippen LogP) is 0.358. The van der Waals surface area contributed by atoms with Crippen molar-refractivity contribution >= 4 is 0 Å². The maximum atomic E-state index is 11.7. The molecule has 3 rings (SSSR count). The molecule has 1 aliphatic rings. The van der Waals surface area contributed by atoms with Gasteiger partial charge in [0.1, 0.15) is 6.26 Å². The molecule has 1 saturated heterocycles. The first-order valence-corrected chi connectivity index (χ1v) is 7.58. The van der Waals surface area contributed by atoms with E-state index in [0.29, 0.717) is 6.54 Å². The summed E-state index contributed by atoms with van der Waals surface area (Å²) in [5.74, 6) is 0.768. The van der Waals surface area contributed by atoms with E-state index >= 15 is 0 Å². The number of hydrogen-bond donors (Lipinski definition) is 0. The quantitative estimate of drug-likeness (QED) is 0.794. The zero-order valence-electron chi connectivity index (χ0n) is 12.8. The summed E-state index contributed by atoms with van der Waals surface area (Å²) in [6, 6.07) is 3.33. The predicted molar refractivity (Wildman–Crippen MR) is 81.5 cm³/mol. The molecule has 0 amide bonds. The second-order valence-corrected chi connectivity index (χ2v) is 5.58. The summed E-state index contributed by atoms with van der Waals surface area (Å²) in [5, 5.41) is 4.27. The van der Waals surface area contributed by atoms with Crippen LogP contribution in [0.15, 0.2) is 33.8 Å². The Morgan fingerprint density at radius 3 is 2.64 bits per heavy atom. The van der Waals surface area contributed by atoms with Crippen molar-refractivity contribution in [1.82, 2.24) is 24.6 Å². The Balaban J connectivity index is 1.46. The molecule has 2 aromatic heterocycles. The lowest BCUT2D eigenvalue weighted by Gasteiger charge is -2.33. The lowest BCUT2D eigenvalue weighted by molar-refractivity contribution is 0.115. The number of oxazole rings is 1. The number of rotatable bonds is 5. The van der Waals surface area contributed by atoms with Crippen molar-refractivity contribution in [2.45, 2.75) is 20.0 Å². The number of nitrogens with zero attached hydrogens (tertiary/aromatic N) is 5. The van der Waals surface area contributed by atoms with E-state index in [-0.39, 0.29) is 5.56 Å². The minimum Gasteiger partial charge on any atom is -0.448 e. The molecule has 3 heterocycles. The standard InChI is InChI=1S/C15H21N5O2/c1-13-2-3-15(21)20(17-13)10-9-18-5-7-19(8-6-18)12-14-16-4-11-22-14/h2-4,11H,5-10,12H2,1H3. The van der Waals surface area contributed by atoms with Crippen LogP contribution >= 0.6 is 0 Å². The van der Waals surface area contributed by atoms with Crippen molar-refractivity contribution in [3.8, 4) is 0 Å². The highest BCUT2D eigenvalue weighted by Crippen LogP contribution is 2.06. The van der Waals surface area contributed by atoms with E-state index in [1.807, 2.05) is 6.92 Å². The molecular formula is C15H21N5O2. The fourth-order valence-corrected chi connectivity index (χ4v) is 2.64. The summed E-state index contributed by atoms with van der Waals surface area (Å²) in [6.07, 6.45) is 3.29. The molecule has 0 atom stereocenters. The van der Waals surface area contributed by atoms with Crippen molar-refractivity contribution in [3.63, 3.8) is 0 Å². The van der Waals surface area contributed by atoms with Crippen LogP contribution in [-0.2, 0) is 13.1 Å². The maximum Gasteiger partial charge on any atom is 0.266 e. The van der Waals surface area contributed by atoms with Crippen LogP contribution in [0, 0.1) is 6.92 Å². The summed E-state index contributed by atoms with van der Waals surface area (Å²) in [5.41, 5.74) is 0.837. The van der Waals surface area contributed by atoms with Gasteiger partial charge in [0.15, 0.2) is 0 Å². The van der Waals surface area contributed by atoms with Crippen LogP contribution < -0.4 is 5.56 Å². The molecule has 1 fully saturated rings. The molecule has 0 aliphatic carbocycles. The molecular weight excluding hydrogens is 282 g/mol. The van der Waals surface area contributed by atoms with Crippen molar-refractivity contribution in [2.75, 3.05) is 32.7 Å². The molecule has 0 spiro atoms. The Morgan fingerprint density at radius 1 is 1.14 bits per heavy atom. The van der Waals surface area contributed by atoms with E-state index in [1.54, 1.807) is 29.3 Å². The van der Waals surface area contributed by atoms with Crippen LogP contribution in [0.2, 0.25) is 0 Å². The number of aryl methyl sites for hydroxylation is 1. The van der Waals surface area contributed by atoms with E-state index in [4.69, 9.17) is 4.42 Å². The van der Waals surface area contributed by atoms with Gasteiger partial charge in [0.05, 0.1) is 25.0 Å². The lowest BCUT2D eigenvalue weighted by atomic mass is 10.3. The third-order valence-electron chi connectivity index (χ3n) is 3.94. The Morgan fingerprint density at radius 2 is 1.91 bits per heavy atom. The van der Waals surface area contributed by atoms with Gasteiger partial charge in [-0.2, -0.15) is 5.10 Å². The van der Waals surface area contributed by atoms with Crippen LogP contribution in [0.5, 0.6) is 0 Å². The molecule has 7 nitrogen and oxygen atoms in total. The van der Waals surface area contributed by atoms with Gasteiger partial charge in [0.25, 0.3) is 5.56 Å². The van der Waals surface area contributed by atoms with Gasteiger partial charge < -0.3 is 4.42 Å². The zero-order valence-corrected chi connectivity index (χ0v) is 12.8. The summed E-state index contributed by atoms with van der Waals surface area (Å²) in [7, 11) is 0. The fourth-order valence-electron chi connectivity index (χ4n) is 2.64. The molecule has 2 aromatic rings. The normalized spacial score (nSPS) is 17.0. The number of piperazine rings is 1. The summed E-state index contributed by atoms with van der Waals surface area (Å²) in [4.78, 5) is 20.6. The SMILES string of the molecule is Cc1ccc(=O)n(CCN2CCN(Cc3ncco3)CC2)n1. The first-order valence-electron chi connectivity index (χ1n) is 7.58. The average molecular weight is 303 g/mol. The van der Waals surface area contributed by atoms with Crippen LogP contribution in [0.3, 0.4) is 0 Å². The van der Waals surface area contributed by atoms with E-state index in [9.17, 15) is 4.79 Å². The van der Waals surface area contributed by atoms with Crippen molar-refractivity contribution < 1.29 is 4.42 Å². The van der Waals surface area contributed by atoms with Crippen LogP contribution in [0.4, 0.5) is 0 Å². The minimum atomic E-state index is -0.0341. The van der Waals surface area contributed by atoms with E-state index in [1.165, 1.54) is 0 Å². The smallest absolute Gasteiger partial charge is 0.266 e. The molecule has 118 valence electrons. The highest BCUT2D eigenvalue weighted by atomic mass is 16.3. The van der Waals surface area contributed by atoms with Gasteiger partial charge >= 0.3 is 0 Å². The monoisotopic (exact) mass is 303 g/mol. The number of aromatic nitrogens is 3. The molecule has 0 N–H and O–H groups in total. The summed E-state index contributed by atoms with van der Waals surface area (Å²) >= 11 is 0. The molecule has 1 aliphatic heterocycles. The molecule has 0 saturated carbocycles. The second kappa shape index (κ2) is 6.85. The van der Waals surface area contributed by atoms with Gasteiger partial charge in [-0.05, 0) is 13.0 Å². The average Bonchev–Trinajstić information content (AvgIpc) is 3.03. The van der Waals surface area contributed by atoms with Gasteiger partial charge in [0, 0.05) is 38.8 Å². The molecule has 0 unspecified atom stereocenters. The van der Waals surface area contributed by atoms with E-state index in [0.717, 1.165) is 50.9 Å². The zero-order chi connectivity index (χ0) is 15.4. The maximum absolute atomic E-state index is 11.7. The van der Waals surface area contributed by atoms with Gasteiger partial charge in [0.2, 0.25) is 5.89 Å². The molecule has 0 bridgehead atoms. The van der Waals surface area contributed by atoms with Crippen LogP contribution in [-0.4, -0.2) is 57.3 Å². The van der Waals surface area contributed by atoms with Crippen molar-refractivity contribution in [1.29, 1.82) is 0 Å². The number of hydrogen-bond acceptors (Lipinski definition) is 6. The van der Waals surface area contributed by atoms with Crippen molar-refractivity contribution in [2.24, 2.45) is 0 Å². The Bertz CT molecular complexity index is 644. The lowest BCUT2D eigenvalue weighted by Crippen LogP contribution is -2.47. The third-order valence-corrected chi connectivity index (χ3v) is 3.94. The van der Waals surface area contributed by atoms with Gasteiger partial charge in [-0.15, -0.1) is 0 Å². The van der Waals surface area contributed by atoms with Gasteiger partial charge in [-0.3, -0.25) is 14.6 Å². The van der Waals surface area contributed by atoms with E-state index < -0.39 is 0 Å². The second-order valence-electron chi connectivity index (χ2n) is 5.58. The molecule has 7 heteroatoms. The molecule has 22 heavy (non-hydrogen) atoms. The molecule has 0 aromatic carbocycles. The first kappa shape index (κ1) is 14.9. The topological polar surface area (TPSA) is 67.4 Å². The highest BCUT2D eigenvalue weighted by Gasteiger charge is 2.18. The Labute approximate surface area is 129 Å². The fraction of sp³-hybridized carbons (Fsp3) is 0.533. The third kappa shape index (κ3) is 3.80. The minimum absolute atomic E-state index is 0.0341. The van der Waals surface area contributed by atoms with Gasteiger partial charge in [-0.25, -0.2) is 9.67 Å². The van der Waals surface area contributed by atoms with Crippen LogP contribution in [0.1, 0.15) is 11.6 Å². The Hall–Kier alpha value is -1.99. The van der Waals surface area contributed by atoms with Crippen LogP contribution in [0.25, 0.3) is 0 Å². The Kier molecular flexibility index (Phi) is 4.65.